The van der Waals surface area contributed by atoms with Crippen molar-refractivity contribution >= 4 is 13.1 Å². The fourth-order valence-electron chi connectivity index (χ4n) is 3.41. The minimum Gasteiger partial charge on any atom is -0.419 e. The molecule has 1 unspecified atom stereocenters. The molecule has 0 spiro atoms. The molecule has 2 rings (SSSR count). The molecule has 0 aliphatic heterocycles. The number of hydrogen-bond acceptors (Lipinski definition) is 3. The second kappa shape index (κ2) is 7.55. The molecule has 0 heterocycles. The molecule has 1 atom stereocenters. The predicted molar refractivity (Wildman–Crippen MR) is 101 cm³/mol. The molecular weight excluding hydrogens is 335 g/mol. The van der Waals surface area contributed by atoms with Gasteiger partial charge in [0.2, 0.25) is 0 Å². The standard InChI is InChI=1S/C20H25O4P/c1-6-17-13(3)18(7-2)15(5)19(14(17)4)24-25(22,23)20(21)16-11-9-8-10-12-16/h8-12H,6-7H2,1-5H3,(H,22,23). The van der Waals surface area contributed by atoms with E-state index in [0.29, 0.717) is 5.75 Å². The second-order valence-electron chi connectivity index (χ2n) is 6.15. The molecule has 25 heavy (non-hydrogen) atoms. The van der Waals surface area contributed by atoms with Crippen molar-refractivity contribution in [2.45, 2.75) is 47.5 Å². The monoisotopic (exact) mass is 360 g/mol. The fourth-order valence-corrected chi connectivity index (χ4v) is 4.49. The van der Waals surface area contributed by atoms with Crippen LogP contribution in [0.4, 0.5) is 0 Å². The van der Waals surface area contributed by atoms with Crippen LogP contribution in [0.2, 0.25) is 0 Å². The summed E-state index contributed by atoms with van der Waals surface area (Å²) in [6.45, 7) is 9.90. The summed E-state index contributed by atoms with van der Waals surface area (Å²) in [6, 6.07) is 8.08. The first-order chi connectivity index (χ1) is 11.7. The molecule has 2 aromatic rings. The summed E-state index contributed by atoms with van der Waals surface area (Å²) in [5.74, 6) is 0.356. The van der Waals surface area contributed by atoms with Gasteiger partial charge < -0.3 is 9.42 Å². The molecule has 0 fully saturated rings. The fraction of sp³-hybridized carbons (Fsp3) is 0.350. The third kappa shape index (κ3) is 3.70. The van der Waals surface area contributed by atoms with E-state index in [9.17, 15) is 14.3 Å². The van der Waals surface area contributed by atoms with Crippen LogP contribution in [0.15, 0.2) is 30.3 Å². The zero-order valence-electron chi connectivity index (χ0n) is 15.4. The molecule has 0 aliphatic rings. The third-order valence-electron chi connectivity index (χ3n) is 4.69. The van der Waals surface area contributed by atoms with Crippen LogP contribution in [0.1, 0.15) is 52.0 Å². The van der Waals surface area contributed by atoms with Gasteiger partial charge in [0.25, 0.3) is 5.52 Å². The molecule has 0 aliphatic carbocycles. The summed E-state index contributed by atoms with van der Waals surface area (Å²) in [5, 5.41) is 0. The van der Waals surface area contributed by atoms with Crippen LogP contribution < -0.4 is 4.52 Å². The minimum absolute atomic E-state index is 0.169. The van der Waals surface area contributed by atoms with Gasteiger partial charge in [0.15, 0.2) is 0 Å². The highest BCUT2D eigenvalue weighted by Crippen LogP contribution is 2.49. The highest BCUT2D eigenvalue weighted by Gasteiger charge is 2.35. The summed E-state index contributed by atoms with van der Waals surface area (Å²) in [6.07, 6.45) is 1.59. The van der Waals surface area contributed by atoms with Gasteiger partial charge >= 0.3 is 7.60 Å². The molecule has 0 bridgehead atoms. The molecule has 5 heteroatoms. The molecular formula is C20H25O4P. The van der Waals surface area contributed by atoms with Gasteiger partial charge in [0.05, 0.1) is 0 Å². The van der Waals surface area contributed by atoms with Crippen LogP contribution in [0, 0.1) is 20.8 Å². The largest absolute Gasteiger partial charge is 0.448 e. The normalized spacial score (nSPS) is 13.4. The van der Waals surface area contributed by atoms with Gasteiger partial charge in [-0.25, -0.2) is 4.57 Å². The third-order valence-corrected chi connectivity index (χ3v) is 5.89. The van der Waals surface area contributed by atoms with Gasteiger partial charge in [-0.3, -0.25) is 4.79 Å². The van der Waals surface area contributed by atoms with Crippen LogP contribution in [0.5, 0.6) is 5.75 Å². The van der Waals surface area contributed by atoms with Crippen molar-refractivity contribution in [2.24, 2.45) is 0 Å². The van der Waals surface area contributed by atoms with Gasteiger partial charge in [0.1, 0.15) is 5.75 Å². The molecule has 1 N–H and O–H groups in total. The molecule has 0 aromatic heterocycles. The first kappa shape index (κ1) is 19.4. The first-order valence-electron chi connectivity index (χ1n) is 8.48. The second-order valence-corrected chi connectivity index (χ2v) is 7.78. The highest BCUT2D eigenvalue weighted by atomic mass is 31.2. The highest BCUT2D eigenvalue weighted by molar-refractivity contribution is 7.72. The van der Waals surface area contributed by atoms with Gasteiger partial charge in [0, 0.05) is 5.56 Å². The minimum atomic E-state index is -4.50. The van der Waals surface area contributed by atoms with Crippen LogP contribution in [-0.2, 0) is 17.4 Å². The van der Waals surface area contributed by atoms with E-state index in [2.05, 4.69) is 6.92 Å². The average molecular weight is 360 g/mol. The Labute approximate surface area is 149 Å². The van der Waals surface area contributed by atoms with Crippen molar-refractivity contribution in [1.82, 2.24) is 0 Å². The molecule has 2 aromatic carbocycles. The molecule has 0 saturated carbocycles. The van der Waals surface area contributed by atoms with Gasteiger partial charge in [-0.2, -0.15) is 0 Å². The van der Waals surface area contributed by atoms with E-state index in [1.807, 2.05) is 27.7 Å². The number of rotatable bonds is 6. The van der Waals surface area contributed by atoms with Crippen molar-refractivity contribution in [3.63, 3.8) is 0 Å². The van der Waals surface area contributed by atoms with E-state index < -0.39 is 13.1 Å². The molecule has 0 saturated heterocycles. The molecule has 4 nitrogen and oxygen atoms in total. The van der Waals surface area contributed by atoms with E-state index in [1.165, 1.54) is 17.7 Å². The van der Waals surface area contributed by atoms with Crippen LogP contribution in [0.25, 0.3) is 0 Å². The Morgan fingerprint density at radius 1 is 0.960 bits per heavy atom. The number of carbonyl (C=O) groups is 1. The summed E-state index contributed by atoms with van der Waals surface area (Å²) < 4.78 is 18.1. The SMILES string of the molecule is CCc1c(C)c(CC)c(C)c(OP(=O)(O)C(=O)c2ccccc2)c1C. The van der Waals surface area contributed by atoms with E-state index in [4.69, 9.17) is 4.52 Å². The zero-order chi connectivity index (χ0) is 18.8. The molecule has 134 valence electrons. The van der Waals surface area contributed by atoms with Gasteiger partial charge in [-0.15, -0.1) is 0 Å². The zero-order valence-corrected chi connectivity index (χ0v) is 16.3. The summed E-state index contributed by atoms with van der Waals surface area (Å²) >= 11 is 0. The van der Waals surface area contributed by atoms with Gasteiger partial charge in [-0.1, -0.05) is 44.2 Å². The average Bonchev–Trinajstić information content (AvgIpc) is 2.59. The van der Waals surface area contributed by atoms with E-state index in [0.717, 1.165) is 35.1 Å². The maximum absolute atomic E-state index is 12.7. The van der Waals surface area contributed by atoms with Crippen molar-refractivity contribution in [2.75, 3.05) is 0 Å². The lowest BCUT2D eigenvalue weighted by atomic mass is 9.90. The maximum atomic E-state index is 12.7. The molecule has 0 amide bonds. The summed E-state index contributed by atoms with van der Waals surface area (Å²) in [5.41, 5.74) is 4.32. The maximum Gasteiger partial charge on any atom is 0.448 e. The lowest BCUT2D eigenvalue weighted by Gasteiger charge is -2.22. The Hall–Kier alpha value is -1.90. The Balaban J connectivity index is 2.52. The van der Waals surface area contributed by atoms with Crippen molar-refractivity contribution in [3.8, 4) is 5.75 Å². The van der Waals surface area contributed by atoms with Crippen molar-refractivity contribution in [3.05, 3.63) is 63.7 Å². The van der Waals surface area contributed by atoms with Crippen molar-refractivity contribution < 1.29 is 18.8 Å². The Morgan fingerprint density at radius 3 is 1.88 bits per heavy atom. The molecule has 0 radical (unpaired) electrons. The van der Waals surface area contributed by atoms with Gasteiger partial charge in [-0.05, 0) is 61.4 Å². The Bertz CT molecular complexity index is 810. The topological polar surface area (TPSA) is 63.6 Å². The first-order valence-corrected chi connectivity index (χ1v) is 10.1. The smallest absolute Gasteiger partial charge is 0.419 e. The lowest BCUT2D eigenvalue weighted by molar-refractivity contribution is 0.104. The number of carbonyl (C=O) groups excluding carboxylic acids is 1. The summed E-state index contributed by atoms with van der Waals surface area (Å²) in [4.78, 5) is 22.8. The quantitative estimate of drug-likeness (QED) is 0.725. The van der Waals surface area contributed by atoms with E-state index in [-0.39, 0.29) is 5.56 Å². The van der Waals surface area contributed by atoms with Crippen LogP contribution in [-0.4, -0.2) is 10.4 Å². The predicted octanol–water partition coefficient (Wildman–Crippen LogP) is 5.14. The van der Waals surface area contributed by atoms with Crippen LogP contribution in [0.3, 0.4) is 0 Å². The van der Waals surface area contributed by atoms with Crippen LogP contribution >= 0.6 is 7.60 Å². The van der Waals surface area contributed by atoms with Crippen molar-refractivity contribution in [1.29, 1.82) is 0 Å². The lowest BCUT2D eigenvalue weighted by Crippen LogP contribution is -2.10. The summed E-state index contributed by atoms with van der Waals surface area (Å²) in [7, 11) is -4.50. The van der Waals surface area contributed by atoms with E-state index in [1.54, 1.807) is 18.2 Å². The Morgan fingerprint density at radius 2 is 1.44 bits per heavy atom. The Kier molecular flexibility index (Phi) is 5.87. The van der Waals surface area contributed by atoms with E-state index >= 15 is 0 Å². The number of hydrogen-bond donors (Lipinski definition) is 1. The number of benzene rings is 2.